The van der Waals surface area contributed by atoms with Gasteiger partial charge in [-0.3, -0.25) is 14.5 Å². The van der Waals surface area contributed by atoms with Crippen LogP contribution in [0, 0.1) is 6.92 Å². The molecule has 3 heterocycles. The Morgan fingerprint density at radius 2 is 1.96 bits per heavy atom. The first-order valence-corrected chi connectivity index (χ1v) is 9.63. The van der Waals surface area contributed by atoms with Crippen molar-refractivity contribution in [1.82, 2.24) is 14.8 Å². The van der Waals surface area contributed by atoms with Crippen LogP contribution in [0.1, 0.15) is 43.6 Å². The van der Waals surface area contributed by atoms with E-state index in [1.54, 1.807) is 6.92 Å². The number of aromatic nitrogens is 1. The second kappa shape index (κ2) is 6.68. The van der Waals surface area contributed by atoms with Crippen LogP contribution in [0.4, 0.5) is 4.79 Å². The molecule has 0 radical (unpaired) electrons. The van der Waals surface area contributed by atoms with Crippen LogP contribution in [0.5, 0.6) is 0 Å². The Kier molecular flexibility index (Phi) is 4.36. The monoisotopic (exact) mass is 373 g/mol. The number of carbonyl (C=O) groups is 3. The average molecular weight is 373 g/mol. The molecule has 2 aromatic rings. The molecular formula is C18H19N3O4S. The van der Waals surface area contributed by atoms with Crippen LogP contribution < -0.4 is 0 Å². The Labute approximate surface area is 154 Å². The Morgan fingerprint density at radius 1 is 1.19 bits per heavy atom. The first-order valence-electron chi connectivity index (χ1n) is 8.75. The minimum Gasteiger partial charge on any atom is -0.440 e. The quantitative estimate of drug-likeness (QED) is 0.606. The molecule has 2 fully saturated rings. The van der Waals surface area contributed by atoms with Gasteiger partial charge in [-0.05, 0) is 31.2 Å². The summed E-state index contributed by atoms with van der Waals surface area (Å²) in [6.45, 7) is 1.69. The van der Waals surface area contributed by atoms with Gasteiger partial charge < -0.3 is 4.42 Å². The van der Waals surface area contributed by atoms with Crippen molar-refractivity contribution >= 4 is 29.2 Å². The highest BCUT2D eigenvalue weighted by Crippen LogP contribution is 2.30. The molecule has 8 heteroatoms. The zero-order valence-electron chi connectivity index (χ0n) is 14.4. The number of hydrogen-bond donors (Lipinski definition) is 0. The number of amides is 4. The van der Waals surface area contributed by atoms with E-state index in [0.717, 1.165) is 46.8 Å². The summed E-state index contributed by atoms with van der Waals surface area (Å²) in [7, 11) is 0. The van der Waals surface area contributed by atoms with Crippen LogP contribution in [0.25, 0.3) is 10.8 Å². The van der Waals surface area contributed by atoms with Gasteiger partial charge in [0, 0.05) is 6.04 Å². The molecule has 1 saturated carbocycles. The number of rotatable bonds is 4. The molecule has 0 N–H and O–H groups in total. The van der Waals surface area contributed by atoms with Crippen LogP contribution in [0.15, 0.2) is 21.9 Å². The van der Waals surface area contributed by atoms with Crippen molar-refractivity contribution in [3.05, 3.63) is 29.0 Å². The number of thiophene rings is 1. The van der Waals surface area contributed by atoms with Crippen molar-refractivity contribution in [2.45, 2.75) is 51.6 Å². The fourth-order valence-electron chi connectivity index (χ4n) is 3.55. The van der Waals surface area contributed by atoms with Crippen molar-refractivity contribution < 1.29 is 18.8 Å². The standard InChI is InChI=1S/C18H19N3O4S/c1-11-13(19-15(25-11)14-8-5-9-26-14)10-20-16(22)17(23)21(18(20)24)12-6-3-2-4-7-12/h5,8-9,12H,2-4,6-7,10H2,1H3. The highest BCUT2D eigenvalue weighted by molar-refractivity contribution is 7.13. The van der Waals surface area contributed by atoms with Crippen LogP contribution in [-0.2, 0) is 16.1 Å². The SMILES string of the molecule is Cc1oc(-c2cccs2)nc1CN1C(=O)C(=O)N(C2CCCCC2)C1=O. The lowest BCUT2D eigenvalue weighted by Crippen LogP contribution is -2.42. The largest absolute Gasteiger partial charge is 0.440 e. The molecule has 0 spiro atoms. The lowest BCUT2D eigenvalue weighted by Gasteiger charge is -2.28. The molecule has 2 aliphatic rings. The average Bonchev–Trinajstić information content (AvgIpc) is 3.33. The Morgan fingerprint density at radius 3 is 2.65 bits per heavy atom. The maximum Gasteiger partial charge on any atom is 0.334 e. The Hall–Kier alpha value is -2.48. The number of imide groups is 2. The van der Waals surface area contributed by atoms with Crippen molar-refractivity contribution in [2.24, 2.45) is 0 Å². The zero-order valence-corrected chi connectivity index (χ0v) is 15.3. The van der Waals surface area contributed by atoms with E-state index in [4.69, 9.17) is 4.42 Å². The van der Waals surface area contributed by atoms with Gasteiger partial charge in [0.1, 0.15) is 11.5 Å². The zero-order chi connectivity index (χ0) is 18.3. The topological polar surface area (TPSA) is 83.7 Å². The summed E-state index contributed by atoms with van der Waals surface area (Å²) >= 11 is 1.50. The van der Waals surface area contributed by atoms with Gasteiger partial charge in [-0.1, -0.05) is 25.3 Å². The number of hydrogen-bond acceptors (Lipinski definition) is 6. The van der Waals surface area contributed by atoms with Crippen LogP contribution in [0.2, 0.25) is 0 Å². The predicted molar refractivity (Wildman–Crippen MR) is 94.2 cm³/mol. The molecule has 136 valence electrons. The van der Waals surface area contributed by atoms with Gasteiger partial charge in [-0.2, -0.15) is 0 Å². The predicted octanol–water partition coefficient (Wildman–Crippen LogP) is 3.34. The number of urea groups is 1. The van der Waals surface area contributed by atoms with Crippen molar-refractivity contribution in [3.8, 4) is 10.8 Å². The molecular weight excluding hydrogens is 354 g/mol. The Bertz CT molecular complexity index is 852. The number of carbonyl (C=O) groups excluding carboxylic acids is 3. The van der Waals surface area contributed by atoms with E-state index in [1.807, 2.05) is 17.5 Å². The second-order valence-electron chi connectivity index (χ2n) is 6.64. The molecule has 4 rings (SSSR count). The van der Waals surface area contributed by atoms with Crippen LogP contribution in [-0.4, -0.2) is 38.7 Å². The van der Waals surface area contributed by atoms with Gasteiger partial charge in [0.25, 0.3) is 0 Å². The summed E-state index contributed by atoms with van der Waals surface area (Å²) in [6, 6.07) is 3.08. The van der Waals surface area contributed by atoms with E-state index in [9.17, 15) is 14.4 Å². The van der Waals surface area contributed by atoms with Crippen molar-refractivity contribution in [2.75, 3.05) is 0 Å². The number of nitrogens with zero attached hydrogens (tertiary/aromatic N) is 3. The van der Waals surface area contributed by atoms with E-state index < -0.39 is 17.8 Å². The summed E-state index contributed by atoms with van der Waals surface area (Å²) in [5.41, 5.74) is 0.494. The number of aryl methyl sites for hydroxylation is 1. The summed E-state index contributed by atoms with van der Waals surface area (Å²) in [4.78, 5) is 44.9. The molecule has 7 nitrogen and oxygen atoms in total. The van der Waals surface area contributed by atoms with E-state index in [0.29, 0.717) is 17.3 Å². The maximum absolute atomic E-state index is 12.7. The van der Waals surface area contributed by atoms with E-state index in [-0.39, 0.29) is 12.6 Å². The summed E-state index contributed by atoms with van der Waals surface area (Å²) in [5, 5.41) is 1.92. The third-order valence-corrected chi connectivity index (χ3v) is 5.81. The fourth-order valence-corrected chi connectivity index (χ4v) is 4.20. The summed E-state index contributed by atoms with van der Waals surface area (Å²) in [6.07, 6.45) is 4.59. The molecule has 4 amide bonds. The molecule has 0 bridgehead atoms. The molecule has 0 unspecified atom stereocenters. The number of oxazole rings is 1. The van der Waals surface area contributed by atoms with Gasteiger partial charge >= 0.3 is 17.8 Å². The maximum atomic E-state index is 12.7. The lowest BCUT2D eigenvalue weighted by atomic mass is 9.94. The minimum absolute atomic E-state index is 0.0483. The first-order chi connectivity index (χ1) is 12.6. The molecule has 0 aromatic carbocycles. The van der Waals surface area contributed by atoms with Crippen LogP contribution in [0.3, 0.4) is 0 Å². The normalized spacial score (nSPS) is 19.0. The van der Waals surface area contributed by atoms with Gasteiger partial charge in [-0.25, -0.2) is 14.7 Å². The lowest BCUT2D eigenvalue weighted by molar-refractivity contribution is -0.144. The van der Waals surface area contributed by atoms with E-state index >= 15 is 0 Å². The van der Waals surface area contributed by atoms with Crippen molar-refractivity contribution in [1.29, 1.82) is 0 Å². The molecule has 26 heavy (non-hydrogen) atoms. The van der Waals surface area contributed by atoms with Crippen LogP contribution >= 0.6 is 11.3 Å². The highest BCUT2D eigenvalue weighted by Gasteiger charge is 2.48. The smallest absolute Gasteiger partial charge is 0.334 e. The molecule has 0 atom stereocenters. The fraction of sp³-hybridized carbons (Fsp3) is 0.444. The molecule has 1 saturated heterocycles. The minimum atomic E-state index is -0.777. The highest BCUT2D eigenvalue weighted by atomic mass is 32.1. The first kappa shape index (κ1) is 17.0. The summed E-state index contributed by atoms with van der Waals surface area (Å²) < 4.78 is 5.66. The molecule has 1 aliphatic heterocycles. The third kappa shape index (κ3) is 2.84. The van der Waals surface area contributed by atoms with Crippen molar-refractivity contribution in [3.63, 3.8) is 0 Å². The van der Waals surface area contributed by atoms with Gasteiger partial charge in [0.2, 0.25) is 5.89 Å². The molecule has 1 aliphatic carbocycles. The second-order valence-corrected chi connectivity index (χ2v) is 7.59. The van der Waals surface area contributed by atoms with Gasteiger partial charge in [-0.15, -0.1) is 11.3 Å². The van der Waals surface area contributed by atoms with E-state index in [1.165, 1.54) is 11.3 Å². The Balaban J connectivity index is 1.55. The van der Waals surface area contributed by atoms with E-state index in [2.05, 4.69) is 4.98 Å². The summed E-state index contributed by atoms with van der Waals surface area (Å²) in [5.74, 6) is -0.498. The van der Waals surface area contributed by atoms with Gasteiger partial charge in [0.05, 0.1) is 11.4 Å². The third-order valence-electron chi connectivity index (χ3n) is 4.96. The molecule has 2 aromatic heterocycles. The van der Waals surface area contributed by atoms with Gasteiger partial charge in [0.15, 0.2) is 0 Å².